The van der Waals surface area contributed by atoms with Crippen molar-refractivity contribution in [3.05, 3.63) is 48.3 Å². The first kappa shape index (κ1) is 11.6. The van der Waals surface area contributed by atoms with E-state index in [2.05, 4.69) is 16.9 Å². The van der Waals surface area contributed by atoms with Gasteiger partial charge in [-0.25, -0.2) is 9.97 Å². The lowest BCUT2D eigenvalue weighted by Crippen LogP contribution is -2.04. The second-order valence-electron chi connectivity index (χ2n) is 4.33. The van der Waals surface area contributed by atoms with E-state index >= 15 is 0 Å². The Bertz CT molecular complexity index is 726. The summed E-state index contributed by atoms with van der Waals surface area (Å²) in [5.74, 6) is 1.57. The Morgan fingerprint density at radius 1 is 1.32 bits per heavy atom. The van der Waals surface area contributed by atoms with Crippen LogP contribution < -0.4 is 0 Å². The van der Waals surface area contributed by atoms with Gasteiger partial charge in [0.15, 0.2) is 12.1 Å². The van der Waals surface area contributed by atoms with Crippen molar-refractivity contribution in [2.75, 3.05) is 0 Å². The maximum atomic E-state index is 11.4. The molecule has 3 aromatic rings. The fourth-order valence-electron chi connectivity index (χ4n) is 2.22. The van der Waals surface area contributed by atoms with Crippen LogP contribution in [0.15, 0.2) is 36.8 Å². The fourth-order valence-corrected chi connectivity index (χ4v) is 2.22. The van der Waals surface area contributed by atoms with Crippen molar-refractivity contribution in [1.29, 1.82) is 0 Å². The summed E-state index contributed by atoms with van der Waals surface area (Å²) < 4.78 is 3.68. The van der Waals surface area contributed by atoms with Gasteiger partial charge in [-0.1, -0.05) is 13.0 Å². The Hall–Kier alpha value is -2.43. The zero-order chi connectivity index (χ0) is 13.2. The average Bonchev–Trinajstić information content (AvgIpc) is 3.02. The predicted molar refractivity (Wildman–Crippen MR) is 71.7 cm³/mol. The summed E-state index contributed by atoms with van der Waals surface area (Å²) in [4.78, 5) is 20.2. The lowest BCUT2D eigenvalue weighted by Gasteiger charge is -2.04. The highest BCUT2D eigenvalue weighted by atomic mass is 16.1. The molecule has 0 saturated heterocycles. The number of carbonyl (C=O) groups is 1. The maximum Gasteiger partial charge on any atom is 0.170 e. The molecule has 0 atom stereocenters. The molecule has 0 aromatic carbocycles. The number of nitrogens with zero attached hydrogens (tertiary/aromatic N) is 4. The third-order valence-electron chi connectivity index (χ3n) is 3.08. The molecule has 0 spiro atoms. The normalized spacial score (nSPS) is 11.0. The average molecular weight is 254 g/mol. The highest BCUT2D eigenvalue weighted by Crippen LogP contribution is 2.17. The van der Waals surface area contributed by atoms with Gasteiger partial charge in [0.05, 0.1) is 0 Å². The first-order valence-corrected chi connectivity index (χ1v) is 6.30. The first-order valence-electron chi connectivity index (χ1n) is 6.30. The molecule has 0 N–H and O–H groups in total. The van der Waals surface area contributed by atoms with Crippen molar-refractivity contribution in [2.45, 2.75) is 19.8 Å². The molecule has 5 nitrogen and oxygen atoms in total. The van der Waals surface area contributed by atoms with Crippen LogP contribution in [0.2, 0.25) is 0 Å². The van der Waals surface area contributed by atoms with E-state index in [9.17, 15) is 4.79 Å². The number of carbonyl (C=O) groups excluding carboxylic acids is 1. The highest BCUT2D eigenvalue weighted by Gasteiger charge is 2.15. The second-order valence-corrected chi connectivity index (χ2v) is 4.33. The van der Waals surface area contributed by atoms with Crippen LogP contribution in [0.4, 0.5) is 0 Å². The Labute approximate surface area is 110 Å². The number of rotatable bonds is 4. The van der Waals surface area contributed by atoms with Crippen LogP contribution in [0.1, 0.15) is 29.7 Å². The van der Waals surface area contributed by atoms with Gasteiger partial charge in [0.1, 0.15) is 17.2 Å². The molecule has 0 aliphatic heterocycles. The van der Waals surface area contributed by atoms with Crippen LogP contribution >= 0.6 is 0 Å². The molecular weight excluding hydrogens is 240 g/mol. The van der Waals surface area contributed by atoms with Gasteiger partial charge in [0.2, 0.25) is 0 Å². The number of pyridine rings is 1. The largest absolute Gasteiger partial charge is 0.296 e. The third kappa shape index (κ3) is 1.83. The van der Waals surface area contributed by atoms with Crippen molar-refractivity contribution in [3.63, 3.8) is 0 Å². The Balaban J connectivity index is 2.24. The summed E-state index contributed by atoms with van der Waals surface area (Å²) in [7, 11) is 0. The van der Waals surface area contributed by atoms with E-state index in [1.54, 1.807) is 10.6 Å². The van der Waals surface area contributed by atoms with Crippen molar-refractivity contribution < 1.29 is 4.79 Å². The quantitative estimate of drug-likeness (QED) is 0.671. The molecule has 0 aliphatic rings. The summed E-state index contributed by atoms with van der Waals surface area (Å²) in [5.41, 5.74) is 1.31. The van der Waals surface area contributed by atoms with E-state index in [0.29, 0.717) is 11.5 Å². The van der Waals surface area contributed by atoms with Crippen LogP contribution in [0.3, 0.4) is 0 Å². The van der Waals surface area contributed by atoms with Gasteiger partial charge in [-0.2, -0.15) is 0 Å². The first-order chi connectivity index (χ1) is 9.35. The molecule has 0 aliphatic carbocycles. The Morgan fingerprint density at radius 3 is 3.00 bits per heavy atom. The van der Waals surface area contributed by atoms with Gasteiger partial charge in [0.25, 0.3) is 0 Å². The monoisotopic (exact) mass is 254 g/mol. The number of aryl methyl sites for hydroxylation is 1. The van der Waals surface area contributed by atoms with Gasteiger partial charge < -0.3 is 0 Å². The summed E-state index contributed by atoms with van der Waals surface area (Å²) in [5, 5.41) is 0. The van der Waals surface area contributed by atoms with Gasteiger partial charge in [-0.05, 0) is 18.6 Å². The molecule has 5 heteroatoms. The van der Waals surface area contributed by atoms with Gasteiger partial charge in [-0.15, -0.1) is 0 Å². The molecular formula is C14H14N4O. The minimum absolute atomic E-state index is 0.547. The minimum Gasteiger partial charge on any atom is -0.296 e. The standard InChI is InChI=1S/C14H14N4O/c1-2-5-12-15-7-9-18(12)14-11(10-19)17-8-4-3-6-13(17)16-14/h3-4,6-10H,2,5H2,1H3. The Morgan fingerprint density at radius 2 is 2.21 bits per heavy atom. The third-order valence-corrected chi connectivity index (χ3v) is 3.08. The molecule has 0 fully saturated rings. The van der Waals surface area contributed by atoms with Crippen molar-refractivity contribution >= 4 is 11.9 Å². The summed E-state index contributed by atoms with van der Waals surface area (Å²) >= 11 is 0. The SMILES string of the molecule is CCCc1nccn1-c1nc2ccccn2c1C=O. The van der Waals surface area contributed by atoms with Gasteiger partial charge in [0, 0.05) is 25.0 Å². The molecule has 0 unspecified atom stereocenters. The number of fused-ring (bicyclic) bond motifs is 1. The molecule has 3 rings (SSSR count). The minimum atomic E-state index is 0.547. The van der Waals surface area contributed by atoms with Crippen LogP contribution in [-0.2, 0) is 6.42 Å². The number of hydrogen-bond acceptors (Lipinski definition) is 3. The van der Waals surface area contributed by atoms with Gasteiger partial charge in [-0.3, -0.25) is 13.8 Å². The van der Waals surface area contributed by atoms with Gasteiger partial charge >= 0.3 is 0 Å². The van der Waals surface area contributed by atoms with E-state index in [-0.39, 0.29) is 0 Å². The molecule has 3 aromatic heterocycles. The molecule has 0 radical (unpaired) electrons. The van der Waals surface area contributed by atoms with Crippen LogP contribution in [0, 0.1) is 0 Å². The lowest BCUT2D eigenvalue weighted by atomic mass is 10.3. The van der Waals surface area contributed by atoms with Crippen molar-refractivity contribution in [2.24, 2.45) is 0 Å². The summed E-state index contributed by atoms with van der Waals surface area (Å²) in [6, 6.07) is 5.67. The predicted octanol–water partition coefficient (Wildman–Crippen LogP) is 2.29. The Kier molecular flexibility index (Phi) is 2.87. The van der Waals surface area contributed by atoms with E-state index in [0.717, 1.165) is 30.6 Å². The lowest BCUT2D eigenvalue weighted by molar-refractivity contribution is 0.111. The van der Waals surface area contributed by atoms with Crippen LogP contribution in [0.25, 0.3) is 11.5 Å². The second kappa shape index (κ2) is 4.68. The molecule has 3 heterocycles. The highest BCUT2D eigenvalue weighted by molar-refractivity contribution is 5.80. The molecule has 0 amide bonds. The van der Waals surface area contributed by atoms with Crippen molar-refractivity contribution in [3.8, 4) is 5.82 Å². The fraction of sp³-hybridized carbons (Fsp3) is 0.214. The topological polar surface area (TPSA) is 52.2 Å². The van der Waals surface area contributed by atoms with E-state index in [1.165, 1.54) is 0 Å². The zero-order valence-corrected chi connectivity index (χ0v) is 10.7. The van der Waals surface area contributed by atoms with E-state index in [4.69, 9.17) is 0 Å². The number of aldehydes is 1. The number of aromatic nitrogens is 4. The maximum absolute atomic E-state index is 11.4. The van der Waals surface area contributed by atoms with E-state index in [1.807, 2.05) is 35.2 Å². The molecule has 0 bridgehead atoms. The smallest absolute Gasteiger partial charge is 0.170 e. The van der Waals surface area contributed by atoms with E-state index < -0.39 is 0 Å². The van der Waals surface area contributed by atoms with Crippen LogP contribution in [0.5, 0.6) is 0 Å². The van der Waals surface area contributed by atoms with Crippen LogP contribution in [-0.4, -0.2) is 25.2 Å². The molecule has 0 saturated carbocycles. The summed E-state index contributed by atoms with van der Waals surface area (Å²) in [6.45, 7) is 2.10. The zero-order valence-electron chi connectivity index (χ0n) is 10.7. The molecule has 96 valence electrons. The number of imidazole rings is 2. The summed E-state index contributed by atoms with van der Waals surface area (Å²) in [6.07, 6.45) is 8.13. The van der Waals surface area contributed by atoms with Crippen molar-refractivity contribution in [1.82, 2.24) is 18.9 Å². The molecule has 19 heavy (non-hydrogen) atoms. The number of hydrogen-bond donors (Lipinski definition) is 0.